The van der Waals surface area contributed by atoms with Crippen molar-refractivity contribution in [3.63, 3.8) is 0 Å². The first-order valence-electron chi connectivity index (χ1n) is 9.90. The summed E-state index contributed by atoms with van der Waals surface area (Å²) in [4.78, 5) is 30.2. The highest BCUT2D eigenvalue weighted by atomic mass is 32.2. The van der Waals surface area contributed by atoms with Crippen molar-refractivity contribution in [1.82, 2.24) is 9.55 Å². The van der Waals surface area contributed by atoms with Gasteiger partial charge in [0, 0.05) is 5.69 Å². The number of para-hydroxylation sites is 1. The number of nitrogens with zero attached hydrogens (tertiary/aromatic N) is 2. The van der Waals surface area contributed by atoms with Gasteiger partial charge in [0.25, 0.3) is 5.56 Å². The summed E-state index contributed by atoms with van der Waals surface area (Å²) < 4.78 is 24.6. The van der Waals surface area contributed by atoms with E-state index in [-0.39, 0.29) is 22.1 Å². The molecule has 1 heterocycles. The molecule has 4 rings (SSSR count). The number of carbonyl (C=O) groups is 1. The average molecular weight is 481 g/mol. The number of nitrogens with one attached hydrogen (secondary N) is 1. The number of amides is 1. The van der Waals surface area contributed by atoms with Crippen LogP contribution in [0, 0.1) is 0 Å². The monoisotopic (exact) mass is 480 g/mol. The molecule has 0 spiro atoms. The number of hydrogen-bond acceptors (Lipinski definition) is 6. The minimum atomic E-state index is -3.88. The first-order valence-corrected chi connectivity index (χ1v) is 12.4. The second-order valence-corrected chi connectivity index (χ2v) is 9.70. The van der Waals surface area contributed by atoms with Crippen LogP contribution in [0.5, 0.6) is 0 Å². The third kappa shape index (κ3) is 5.48. The highest BCUT2D eigenvalue weighted by Gasteiger charge is 2.15. The summed E-state index contributed by atoms with van der Waals surface area (Å²) in [5.74, 6) is -0.403. The van der Waals surface area contributed by atoms with E-state index in [4.69, 9.17) is 5.14 Å². The second-order valence-electron chi connectivity index (χ2n) is 7.20. The largest absolute Gasteiger partial charge is 0.325 e. The predicted octanol–water partition coefficient (Wildman–Crippen LogP) is 2.82. The maximum Gasteiger partial charge on any atom is 0.262 e. The molecule has 0 fully saturated rings. The second kappa shape index (κ2) is 9.57. The van der Waals surface area contributed by atoms with Crippen LogP contribution in [0.15, 0.2) is 93.7 Å². The standard InChI is InChI=1S/C23H20N4O4S2/c24-33(30,31)18-10-6-9-17(13-18)25-21(28)15-32-23-26-20-12-5-4-11-19(20)22(29)27(23)14-16-7-2-1-3-8-16/h1-13H,14-15H2,(H,25,28)(H2,24,30,31). The molecule has 0 saturated carbocycles. The Labute approximate surface area is 194 Å². The molecule has 4 aromatic rings. The molecule has 1 aromatic heterocycles. The van der Waals surface area contributed by atoms with E-state index in [0.29, 0.717) is 28.3 Å². The van der Waals surface area contributed by atoms with Gasteiger partial charge in [0.05, 0.1) is 28.1 Å². The molecule has 0 saturated heterocycles. The average Bonchev–Trinajstić information content (AvgIpc) is 2.80. The van der Waals surface area contributed by atoms with Crippen LogP contribution in [-0.2, 0) is 21.4 Å². The summed E-state index contributed by atoms with van der Waals surface area (Å²) >= 11 is 1.13. The summed E-state index contributed by atoms with van der Waals surface area (Å²) in [6.07, 6.45) is 0. The van der Waals surface area contributed by atoms with Crippen molar-refractivity contribution in [1.29, 1.82) is 0 Å². The van der Waals surface area contributed by atoms with Crippen LogP contribution in [0.3, 0.4) is 0 Å². The molecule has 10 heteroatoms. The van der Waals surface area contributed by atoms with Crippen LogP contribution < -0.4 is 16.0 Å². The Morgan fingerprint density at radius 3 is 2.48 bits per heavy atom. The molecule has 8 nitrogen and oxygen atoms in total. The molecule has 0 aliphatic heterocycles. The van der Waals surface area contributed by atoms with Crippen LogP contribution in [0.4, 0.5) is 5.69 Å². The summed E-state index contributed by atoms with van der Waals surface area (Å²) in [6, 6.07) is 22.3. The predicted molar refractivity (Wildman–Crippen MR) is 129 cm³/mol. The quantitative estimate of drug-likeness (QED) is 0.310. The molecule has 0 bridgehead atoms. The number of anilines is 1. The molecule has 0 unspecified atom stereocenters. The number of sulfonamides is 1. The number of primary sulfonamides is 1. The highest BCUT2D eigenvalue weighted by molar-refractivity contribution is 7.99. The zero-order valence-electron chi connectivity index (χ0n) is 17.3. The maximum atomic E-state index is 13.2. The zero-order chi connectivity index (χ0) is 23.4. The van der Waals surface area contributed by atoms with Crippen LogP contribution in [0.2, 0.25) is 0 Å². The summed E-state index contributed by atoms with van der Waals surface area (Å²) in [6.45, 7) is 0.317. The minimum Gasteiger partial charge on any atom is -0.325 e. The van der Waals surface area contributed by atoms with Crippen molar-refractivity contribution in [2.75, 3.05) is 11.1 Å². The van der Waals surface area contributed by atoms with Gasteiger partial charge in [0.15, 0.2) is 5.16 Å². The van der Waals surface area contributed by atoms with Gasteiger partial charge in [-0.25, -0.2) is 18.5 Å². The SMILES string of the molecule is NS(=O)(=O)c1cccc(NC(=O)CSc2nc3ccccc3c(=O)n2Cc2ccccc2)c1. The number of thioether (sulfide) groups is 1. The van der Waals surface area contributed by atoms with E-state index in [0.717, 1.165) is 17.3 Å². The fourth-order valence-corrected chi connectivity index (χ4v) is 4.60. The van der Waals surface area contributed by atoms with E-state index in [1.165, 1.54) is 18.2 Å². The number of nitrogens with two attached hydrogens (primary N) is 1. The Morgan fingerprint density at radius 2 is 1.73 bits per heavy atom. The molecule has 3 N–H and O–H groups in total. The molecule has 3 aromatic carbocycles. The van der Waals surface area contributed by atoms with Crippen LogP contribution >= 0.6 is 11.8 Å². The van der Waals surface area contributed by atoms with Gasteiger partial charge in [-0.2, -0.15) is 0 Å². The van der Waals surface area contributed by atoms with Crippen LogP contribution in [0.25, 0.3) is 10.9 Å². The van der Waals surface area contributed by atoms with E-state index < -0.39 is 10.0 Å². The number of rotatable bonds is 7. The molecule has 0 atom stereocenters. The number of aromatic nitrogens is 2. The Bertz CT molecular complexity index is 1490. The number of carbonyl (C=O) groups excluding carboxylic acids is 1. The molecule has 1 amide bonds. The van der Waals surface area contributed by atoms with Crippen molar-refractivity contribution in [2.24, 2.45) is 5.14 Å². The first-order chi connectivity index (χ1) is 15.8. The van der Waals surface area contributed by atoms with E-state index in [1.54, 1.807) is 34.9 Å². The van der Waals surface area contributed by atoms with Gasteiger partial charge in [-0.15, -0.1) is 0 Å². The normalized spacial score (nSPS) is 11.4. The van der Waals surface area contributed by atoms with E-state index in [1.807, 2.05) is 30.3 Å². The van der Waals surface area contributed by atoms with Crippen molar-refractivity contribution < 1.29 is 13.2 Å². The Kier molecular flexibility index (Phi) is 6.59. The van der Waals surface area contributed by atoms with Crippen molar-refractivity contribution >= 4 is 44.3 Å². The molecule has 0 aliphatic rings. The molecule has 0 aliphatic carbocycles. The van der Waals surface area contributed by atoms with Gasteiger partial charge in [-0.05, 0) is 35.9 Å². The summed E-state index contributed by atoms with van der Waals surface area (Å²) in [7, 11) is -3.88. The van der Waals surface area contributed by atoms with E-state index in [2.05, 4.69) is 10.3 Å². The van der Waals surface area contributed by atoms with Crippen molar-refractivity contribution in [3.05, 3.63) is 94.8 Å². The number of benzene rings is 3. The third-order valence-electron chi connectivity index (χ3n) is 4.79. The van der Waals surface area contributed by atoms with Crippen molar-refractivity contribution in [2.45, 2.75) is 16.6 Å². The Balaban J connectivity index is 1.58. The smallest absolute Gasteiger partial charge is 0.262 e. The number of fused-ring (bicyclic) bond motifs is 1. The number of hydrogen-bond donors (Lipinski definition) is 2. The fraction of sp³-hybridized carbons (Fsp3) is 0.0870. The maximum absolute atomic E-state index is 13.2. The molecule has 33 heavy (non-hydrogen) atoms. The summed E-state index contributed by atoms with van der Waals surface area (Å²) in [5, 5.41) is 8.71. The molecule has 0 radical (unpaired) electrons. The Hall–Kier alpha value is -3.47. The van der Waals surface area contributed by atoms with Gasteiger partial charge in [-0.1, -0.05) is 60.3 Å². The highest BCUT2D eigenvalue weighted by Crippen LogP contribution is 2.20. The van der Waals surface area contributed by atoms with E-state index in [9.17, 15) is 18.0 Å². The van der Waals surface area contributed by atoms with Gasteiger partial charge in [0.2, 0.25) is 15.9 Å². The molecular formula is C23H20N4O4S2. The molecule has 168 valence electrons. The van der Waals surface area contributed by atoms with Crippen molar-refractivity contribution in [3.8, 4) is 0 Å². The summed E-state index contributed by atoms with van der Waals surface area (Å²) in [5.41, 5.74) is 1.60. The zero-order valence-corrected chi connectivity index (χ0v) is 19.0. The third-order valence-corrected chi connectivity index (χ3v) is 6.68. The van der Waals surface area contributed by atoms with Gasteiger partial charge in [0.1, 0.15) is 0 Å². The van der Waals surface area contributed by atoms with Gasteiger partial charge in [-0.3, -0.25) is 14.2 Å². The lowest BCUT2D eigenvalue weighted by molar-refractivity contribution is -0.113. The lowest BCUT2D eigenvalue weighted by Gasteiger charge is -2.13. The minimum absolute atomic E-state index is 0.0286. The Morgan fingerprint density at radius 1 is 1.00 bits per heavy atom. The lowest BCUT2D eigenvalue weighted by Crippen LogP contribution is -2.25. The van der Waals surface area contributed by atoms with Crippen LogP contribution in [0.1, 0.15) is 5.56 Å². The first kappa shape index (κ1) is 22.7. The van der Waals surface area contributed by atoms with Gasteiger partial charge < -0.3 is 5.32 Å². The van der Waals surface area contributed by atoms with E-state index >= 15 is 0 Å². The van der Waals surface area contributed by atoms with Crippen LogP contribution in [-0.4, -0.2) is 29.6 Å². The molecular weight excluding hydrogens is 460 g/mol. The lowest BCUT2D eigenvalue weighted by atomic mass is 10.2. The fourth-order valence-electron chi connectivity index (χ4n) is 3.24. The van der Waals surface area contributed by atoms with Gasteiger partial charge >= 0.3 is 0 Å². The topological polar surface area (TPSA) is 124 Å².